The number of amidine groups is 1. The van der Waals surface area contributed by atoms with E-state index >= 15 is 0 Å². The van der Waals surface area contributed by atoms with E-state index in [4.69, 9.17) is 14.9 Å². The van der Waals surface area contributed by atoms with Crippen LogP contribution in [0, 0.1) is 5.41 Å². The molecule has 1 aromatic carbocycles. The Labute approximate surface area is 143 Å². The van der Waals surface area contributed by atoms with Crippen LogP contribution in [0.3, 0.4) is 0 Å². The van der Waals surface area contributed by atoms with Crippen molar-refractivity contribution in [3.63, 3.8) is 0 Å². The first kappa shape index (κ1) is 16.5. The summed E-state index contributed by atoms with van der Waals surface area (Å²) in [4.78, 5) is 16.5. The minimum absolute atomic E-state index is 0.169. The highest BCUT2D eigenvalue weighted by molar-refractivity contribution is 8.18. The number of aromatic nitrogens is 1. The van der Waals surface area contributed by atoms with Crippen LogP contribution in [0.4, 0.5) is 0 Å². The van der Waals surface area contributed by atoms with Crippen LogP contribution in [0.25, 0.3) is 10.9 Å². The van der Waals surface area contributed by atoms with E-state index < -0.39 is 0 Å². The number of pyridine rings is 1. The number of thioether (sulfide) groups is 1. The van der Waals surface area contributed by atoms with Gasteiger partial charge in [-0.25, -0.2) is 0 Å². The molecule has 3 rings (SSSR count). The molecule has 2 heterocycles. The van der Waals surface area contributed by atoms with E-state index in [9.17, 15) is 4.79 Å². The van der Waals surface area contributed by atoms with Crippen molar-refractivity contribution in [3.8, 4) is 5.75 Å². The second-order valence-corrected chi connectivity index (χ2v) is 6.21. The van der Waals surface area contributed by atoms with Crippen LogP contribution in [-0.2, 0) is 16.0 Å². The molecule has 1 aliphatic heterocycles. The van der Waals surface area contributed by atoms with Crippen molar-refractivity contribution < 1.29 is 14.3 Å². The van der Waals surface area contributed by atoms with Gasteiger partial charge in [0.25, 0.3) is 5.91 Å². The summed E-state index contributed by atoms with van der Waals surface area (Å²) in [5.74, 6) is 0.553. The lowest BCUT2D eigenvalue weighted by atomic mass is 10.1. The Morgan fingerprint density at radius 2 is 2.21 bits per heavy atom. The maximum atomic E-state index is 11.6. The maximum Gasteiger partial charge on any atom is 0.263 e. The monoisotopic (exact) mass is 343 g/mol. The summed E-state index contributed by atoms with van der Waals surface area (Å²) in [6.45, 7) is 0.997. The molecule has 1 aliphatic rings. The molecule has 0 radical (unpaired) electrons. The normalized spacial score (nSPS) is 16.0. The number of carbonyl (C=O) groups excluding carboxylic acids is 1. The lowest BCUT2D eigenvalue weighted by Gasteiger charge is -2.09. The first-order chi connectivity index (χ1) is 11.7. The van der Waals surface area contributed by atoms with Gasteiger partial charge in [-0.3, -0.25) is 15.2 Å². The number of hydrogen-bond acceptors (Lipinski definition) is 6. The van der Waals surface area contributed by atoms with E-state index in [1.165, 1.54) is 0 Å². The molecule has 0 aliphatic carbocycles. The highest BCUT2D eigenvalue weighted by Gasteiger charge is 2.21. The highest BCUT2D eigenvalue weighted by atomic mass is 32.2. The Hall–Kier alpha value is -2.38. The van der Waals surface area contributed by atoms with E-state index in [0.717, 1.165) is 34.0 Å². The van der Waals surface area contributed by atoms with Crippen molar-refractivity contribution in [2.75, 3.05) is 20.3 Å². The SMILES string of the molecule is COCCOc1ccnc2ccc(C/C=C3\SC(=N)NC3=O)cc12. The maximum absolute atomic E-state index is 11.6. The van der Waals surface area contributed by atoms with Crippen LogP contribution < -0.4 is 10.1 Å². The molecule has 2 N–H and O–H groups in total. The third kappa shape index (κ3) is 3.74. The molecule has 6 nitrogen and oxygen atoms in total. The van der Waals surface area contributed by atoms with Crippen LogP contribution in [0.15, 0.2) is 41.4 Å². The van der Waals surface area contributed by atoms with Crippen molar-refractivity contribution in [2.45, 2.75) is 6.42 Å². The molecule has 0 unspecified atom stereocenters. The van der Waals surface area contributed by atoms with Crippen molar-refractivity contribution >= 4 is 33.7 Å². The Morgan fingerprint density at radius 1 is 1.33 bits per heavy atom. The Balaban J connectivity index is 1.82. The zero-order valence-corrected chi connectivity index (χ0v) is 14.0. The number of hydrogen-bond donors (Lipinski definition) is 2. The minimum atomic E-state index is -0.212. The van der Waals surface area contributed by atoms with Gasteiger partial charge in [0.2, 0.25) is 0 Å². The quantitative estimate of drug-likeness (QED) is 0.622. The standard InChI is InChI=1S/C17H17N3O3S/c1-22-8-9-23-14-6-7-19-13-4-2-11(10-12(13)14)3-5-15-16(21)20-17(18)24-15/h2,4-7,10H,3,8-9H2,1H3,(H2,18,20,21)/b15-5-. The van der Waals surface area contributed by atoms with Crippen molar-refractivity contribution in [1.82, 2.24) is 10.3 Å². The Kier molecular flexibility index (Phi) is 5.12. The summed E-state index contributed by atoms with van der Waals surface area (Å²) < 4.78 is 10.8. The fourth-order valence-electron chi connectivity index (χ4n) is 2.35. The molecule has 1 amide bonds. The molecule has 0 saturated carbocycles. The van der Waals surface area contributed by atoms with Gasteiger partial charge in [0.1, 0.15) is 12.4 Å². The third-order valence-corrected chi connectivity index (χ3v) is 4.38. The molecule has 0 atom stereocenters. The van der Waals surface area contributed by atoms with Crippen LogP contribution in [0.5, 0.6) is 5.75 Å². The molecular formula is C17H17N3O3S. The smallest absolute Gasteiger partial charge is 0.263 e. The molecule has 0 bridgehead atoms. The number of nitrogens with zero attached hydrogens (tertiary/aromatic N) is 1. The van der Waals surface area contributed by atoms with Crippen molar-refractivity contribution in [1.29, 1.82) is 5.41 Å². The van der Waals surface area contributed by atoms with Crippen molar-refractivity contribution in [3.05, 3.63) is 47.0 Å². The van der Waals surface area contributed by atoms with E-state index in [0.29, 0.717) is 24.5 Å². The van der Waals surface area contributed by atoms with Gasteiger partial charge in [0.05, 0.1) is 17.0 Å². The van der Waals surface area contributed by atoms with Gasteiger partial charge in [-0.05, 0) is 41.9 Å². The second-order valence-electron chi connectivity index (χ2n) is 5.16. The minimum Gasteiger partial charge on any atom is -0.490 e. The molecule has 24 heavy (non-hydrogen) atoms. The number of ether oxygens (including phenoxy) is 2. The average molecular weight is 343 g/mol. The van der Waals surface area contributed by atoms with Gasteiger partial charge in [-0.2, -0.15) is 0 Å². The molecule has 1 aromatic heterocycles. The number of benzene rings is 1. The highest BCUT2D eigenvalue weighted by Crippen LogP contribution is 2.27. The molecule has 124 valence electrons. The predicted octanol–water partition coefficient (Wildman–Crippen LogP) is 2.48. The Bertz CT molecular complexity index is 820. The number of amides is 1. The van der Waals surface area contributed by atoms with Crippen molar-refractivity contribution in [2.24, 2.45) is 0 Å². The second kappa shape index (κ2) is 7.46. The summed E-state index contributed by atoms with van der Waals surface area (Å²) in [6, 6.07) is 7.77. The summed E-state index contributed by atoms with van der Waals surface area (Å²) in [5, 5.41) is 11.0. The van der Waals surface area contributed by atoms with Gasteiger partial charge >= 0.3 is 0 Å². The van der Waals surface area contributed by atoms with E-state index in [2.05, 4.69) is 10.3 Å². The summed E-state index contributed by atoms with van der Waals surface area (Å²) in [6.07, 6.45) is 4.16. The van der Waals surface area contributed by atoms with Crippen LogP contribution in [0.2, 0.25) is 0 Å². The molecule has 1 saturated heterocycles. The lowest BCUT2D eigenvalue weighted by molar-refractivity contribution is -0.115. The van der Waals surface area contributed by atoms with Gasteiger partial charge in [-0.15, -0.1) is 0 Å². The topological polar surface area (TPSA) is 84.3 Å². The van der Waals surface area contributed by atoms with Gasteiger partial charge < -0.3 is 14.8 Å². The Morgan fingerprint density at radius 3 is 2.96 bits per heavy atom. The first-order valence-electron chi connectivity index (χ1n) is 7.44. The zero-order valence-electron chi connectivity index (χ0n) is 13.2. The number of nitrogens with one attached hydrogen (secondary N) is 2. The third-order valence-electron chi connectivity index (χ3n) is 3.50. The summed E-state index contributed by atoms with van der Waals surface area (Å²) in [7, 11) is 1.64. The number of carbonyl (C=O) groups is 1. The predicted molar refractivity (Wildman–Crippen MR) is 94.4 cm³/mol. The van der Waals surface area contributed by atoms with Gasteiger partial charge in [0, 0.05) is 18.7 Å². The molecule has 7 heteroatoms. The fraction of sp³-hybridized carbons (Fsp3) is 0.235. The number of allylic oxidation sites excluding steroid dienone is 1. The average Bonchev–Trinajstić information content (AvgIpc) is 2.91. The molecule has 0 spiro atoms. The lowest BCUT2D eigenvalue weighted by Crippen LogP contribution is -2.18. The van der Waals surface area contributed by atoms with Gasteiger partial charge in [-0.1, -0.05) is 12.1 Å². The molecular weight excluding hydrogens is 326 g/mol. The van der Waals surface area contributed by atoms with E-state index in [1.54, 1.807) is 13.3 Å². The zero-order chi connectivity index (χ0) is 16.9. The fourth-order valence-corrected chi connectivity index (χ4v) is 3.02. The summed E-state index contributed by atoms with van der Waals surface area (Å²) in [5.41, 5.74) is 1.91. The first-order valence-corrected chi connectivity index (χ1v) is 8.26. The van der Waals surface area contributed by atoms with E-state index in [-0.39, 0.29) is 11.1 Å². The summed E-state index contributed by atoms with van der Waals surface area (Å²) >= 11 is 1.15. The van der Waals surface area contributed by atoms with E-state index in [1.807, 2.05) is 30.3 Å². The van der Waals surface area contributed by atoms with Crippen LogP contribution in [0.1, 0.15) is 5.56 Å². The number of rotatable bonds is 6. The molecule has 2 aromatic rings. The van der Waals surface area contributed by atoms with Crippen LogP contribution in [-0.4, -0.2) is 36.4 Å². The largest absolute Gasteiger partial charge is 0.490 e. The number of methoxy groups -OCH3 is 1. The molecule has 1 fully saturated rings. The number of fused-ring (bicyclic) bond motifs is 1. The van der Waals surface area contributed by atoms with Crippen LogP contribution >= 0.6 is 11.8 Å². The van der Waals surface area contributed by atoms with Gasteiger partial charge in [0.15, 0.2) is 5.17 Å².